The summed E-state index contributed by atoms with van der Waals surface area (Å²) < 4.78 is 31.7. The third kappa shape index (κ3) is 5.30. The Bertz CT molecular complexity index is 1330. The van der Waals surface area contributed by atoms with Crippen LogP contribution in [0.1, 0.15) is 22.8 Å². The topological polar surface area (TPSA) is 96.0 Å². The molecule has 0 aliphatic carbocycles. The van der Waals surface area contributed by atoms with Gasteiger partial charge in [-0.25, -0.2) is 8.42 Å². The standard InChI is InChI=1S/C26H27N3O5S/c1-3-35(32,33)28(2)21-13-9-12-20(16-21)26(31)29-18-24(34-23-15-8-7-14-22(23)29)25(30)27-17-19-10-5-4-6-11-19/h4-16,24H,3,17-18H2,1-2H3,(H,27,30)/t24-/m1/s1. The Morgan fingerprint density at radius 2 is 1.74 bits per heavy atom. The van der Waals surface area contributed by atoms with Crippen molar-refractivity contribution in [1.82, 2.24) is 5.32 Å². The monoisotopic (exact) mass is 493 g/mol. The molecule has 8 nitrogen and oxygen atoms in total. The summed E-state index contributed by atoms with van der Waals surface area (Å²) in [7, 11) is -2.02. The maximum absolute atomic E-state index is 13.6. The van der Waals surface area contributed by atoms with Crippen molar-refractivity contribution < 1.29 is 22.7 Å². The molecule has 2 amide bonds. The van der Waals surface area contributed by atoms with Crippen LogP contribution >= 0.6 is 0 Å². The molecule has 0 saturated carbocycles. The molecule has 1 heterocycles. The van der Waals surface area contributed by atoms with Crippen LogP contribution in [0, 0.1) is 0 Å². The van der Waals surface area contributed by atoms with Crippen molar-refractivity contribution in [2.75, 3.05) is 28.6 Å². The SMILES string of the molecule is CCS(=O)(=O)N(C)c1cccc(C(=O)N2C[C@H](C(=O)NCc3ccccc3)Oc3ccccc32)c1. The molecule has 3 aromatic carbocycles. The fourth-order valence-electron chi connectivity index (χ4n) is 3.81. The van der Waals surface area contributed by atoms with Gasteiger partial charge in [0.05, 0.1) is 23.7 Å². The number of carbonyl (C=O) groups is 2. The molecule has 0 radical (unpaired) electrons. The number of nitrogens with one attached hydrogen (secondary N) is 1. The highest BCUT2D eigenvalue weighted by Crippen LogP contribution is 2.34. The Hall–Kier alpha value is -3.85. The summed E-state index contributed by atoms with van der Waals surface area (Å²) in [6.07, 6.45) is -0.899. The number of nitrogens with zero attached hydrogens (tertiary/aromatic N) is 2. The van der Waals surface area contributed by atoms with Crippen LogP contribution in [0.2, 0.25) is 0 Å². The number of carbonyl (C=O) groups excluding carboxylic acids is 2. The highest BCUT2D eigenvalue weighted by Gasteiger charge is 2.34. The zero-order chi connectivity index (χ0) is 25.0. The van der Waals surface area contributed by atoms with Crippen molar-refractivity contribution in [2.45, 2.75) is 19.6 Å². The summed E-state index contributed by atoms with van der Waals surface area (Å²) >= 11 is 0. The van der Waals surface area contributed by atoms with Crippen molar-refractivity contribution in [3.63, 3.8) is 0 Å². The molecule has 0 bridgehead atoms. The van der Waals surface area contributed by atoms with Gasteiger partial charge in [-0.2, -0.15) is 0 Å². The second-order valence-electron chi connectivity index (χ2n) is 8.11. The number of para-hydroxylation sites is 2. The predicted molar refractivity (Wildman–Crippen MR) is 135 cm³/mol. The van der Waals surface area contributed by atoms with Crippen molar-refractivity contribution in [2.24, 2.45) is 0 Å². The fourth-order valence-corrected chi connectivity index (χ4v) is 4.63. The molecule has 0 unspecified atom stereocenters. The summed E-state index contributed by atoms with van der Waals surface area (Å²) in [5.74, 6) is -0.318. The lowest BCUT2D eigenvalue weighted by molar-refractivity contribution is -0.128. The lowest BCUT2D eigenvalue weighted by atomic mass is 10.1. The van der Waals surface area contributed by atoms with Gasteiger partial charge in [0.2, 0.25) is 10.0 Å². The maximum Gasteiger partial charge on any atom is 0.263 e. The van der Waals surface area contributed by atoms with E-state index < -0.39 is 16.1 Å². The van der Waals surface area contributed by atoms with Crippen molar-refractivity contribution in [3.8, 4) is 5.75 Å². The van der Waals surface area contributed by atoms with Gasteiger partial charge in [-0.3, -0.25) is 13.9 Å². The quantitative estimate of drug-likeness (QED) is 0.545. The zero-order valence-electron chi connectivity index (χ0n) is 19.5. The molecular formula is C26H27N3O5S. The van der Waals surface area contributed by atoms with Crippen LogP contribution in [0.15, 0.2) is 78.9 Å². The Labute approximate surface area is 205 Å². The Morgan fingerprint density at radius 1 is 1.03 bits per heavy atom. The molecule has 1 atom stereocenters. The number of amides is 2. The third-order valence-corrected chi connectivity index (χ3v) is 7.63. The molecule has 1 N–H and O–H groups in total. The first-order valence-electron chi connectivity index (χ1n) is 11.3. The summed E-state index contributed by atoms with van der Waals surface area (Å²) in [4.78, 5) is 28.0. The number of anilines is 2. The molecule has 1 aliphatic rings. The van der Waals surface area contributed by atoms with Gasteiger partial charge in [0.1, 0.15) is 5.75 Å². The van der Waals surface area contributed by atoms with E-state index in [1.807, 2.05) is 30.3 Å². The number of ether oxygens (including phenoxy) is 1. The van der Waals surface area contributed by atoms with E-state index >= 15 is 0 Å². The third-order valence-electron chi connectivity index (χ3n) is 5.86. The first-order valence-corrected chi connectivity index (χ1v) is 12.9. The number of benzene rings is 3. The molecule has 9 heteroatoms. The number of sulfonamides is 1. The molecule has 0 saturated heterocycles. The first kappa shape index (κ1) is 24.3. The van der Waals surface area contributed by atoms with E-state index in [1.54, 1.807) is 49.4 Å². The van der Waals surface area contributed by atoms with E-state index in [2.05, 4.69) is 5.32 Å². The average Bonchev–Trinajstić information content (AvgIpc) is 2.90. The van der Waals surface area contributed by atoms with Crippen LogP contribution in [0.5, 0.6) is 5.75 Å². The van der Waals surface area contributed by atoms with Crippen molar-refractivity contribution in [3.05, 3.63) is 90.0 Å². The predicted octanol–water partition coefficient (Wildman–Crippen LogP) is 3.20. The van der Waals surface area contributed by atoms with E-state index in [0.29, 0.717) is 29.2 Å². The van der Waals surface area contributed by atoms with E-state index in [-0.39, 0.29) is 24.1 Å². The molecule has 3 aromatic rings. The molecular weight excluding hydrogens is 466 g/mol. The van der Waals surface area contributed by atoms with Crippen LogP contribution < -0.4 is 19.3 Å². The Morgan fingerprint density at radius 3 is 2.49 bits per heavy atom. The molecule has 0 fully saturated rings. The Kier molecular flexibility index (Phi) is 7.07. The first-order chi connectivity index (χ1) is 16.8. The van der Waals surface area contributed by atoms with E-state index in [4.69, 9.17) is 4.74 Å². The molecule has 1 aliphatic heterocycles. The van der Waals surface area contributed by atoms with Gasteiger partial charge in [-0.15, -0.1) is 0 Å². The van der Waals surface area contributed by atoms with Gasteiger partial charge in [-0.05, 0) is 42.8 Å². The highest BCUT2D eigenvalue weighted by atomic mass is 32.2. The molecule has 182 valence electrons. The molecule has 0 aromatic heterocycles. The van der Waals surface area contributed by atoms with E-state index in [9.17, 15) is 18.0 Å². The minimum atomic E-state index is -3.48. The maximum atomic E-state index is 13.6. The van der Waals surface area contributed by atoms with Gasteiger partial charge in [-0.1, -0.05) is 48.5 Å². The van der Waals surface area contributed by atoms with Gasteiger partial charge in [0, 0.05) is 19.2 Å². The van der Waals surface area contributed by atoms with Gasteiger partial charge in [0.25, 0.3) is 11.8 Å². The minimum Gasteiger partial charge on any atom is -0.477 e. The number of hydrogen-bond acceptors (Lipinski definition) is 5. The van der Waals surface area contributed by atoms with Crippen molar-refractivity contribution in [1.29, 1.82) is 0 Å². The van der Waals surface area contributed by atoms with Crippen LogP contribution in [-0.4, -0.2) is 45.7 Å². The lowest BCUT2D eigenvalue weighted by Gasteiger charge is -2.34. The van der Waals surface area contributed by atoms with Crippen LogP contribution in [0.25, 0.3) is 0 Å². The number of hydrogen-bond donors (Lipinski definition) is 1. The largest absolute Gasteiger partial charge is 0.477 e. The van der Waals surface area contributed by atoms with Gasteiger partial charge in [0.15, 0.2) is 6.10 Å². The fraction of sp³-hybridized carbons (Fsp3) is 0.231. The van der Waals surface area contributed by atoms with E-state index in [1.165, 1.54) is 18.0 Å². The summed E-state index contributed by atoms with van der Waals surface area (Å²) in [6.45, 7) is 1.92. The smallest absolute Gasteiger partial charge is 0.263 e. The average molecular weight is 494 g/mol. The summed E-state index contributed by atoms with van der Waals surface area (Å²) in [6, 6.07) is 23.0. The van der Waals surface area contributed by atoms with Crippen LogP contribution in [-0.2, 0) is 21.4 Å². The summed E-state index contributed by atoms with van der Waals surface area (Å²) in [5.41, 5.74) is 2.19. The lowest BCUT2D eigenvalue weighted by Crippen LogP contribution is -2.50. The van der Waals surface area contributed by atoms with Gasteiger partial charge >= 0.3 is 0 Å². The zero-order valence-corrected chi connectivity index (χ0v) is 20.4. The Balaban J connectivity index is 1.58. The van der Waals surface area contributed by atoms with Crippen LogP contribution in [0.3, 0.4) is 0 Å². The van der Waals surface area contributed by atoms with Crippen molar-refractivity contribution >= 4 is 33.2 Å². The van der Waals surface area contributed by atoms with Gasteiger partial charge < -0.3 is 15.0 Å². The summed E-state index contributed by atoms with van der Waals surface area (Å²) in [5, 5.41) is 2.87. The molecule has 0 spiro atoms. The number of fused-ring (bicyclic) bond motifs is 1. The van der Waals surface area contributed by atoms with Crippen LogP contribution in [0.4, 0.5) is 11.4 Å². The second-order valence-corrected chi connectivity index (χ2v) is 10.4. The second kappa shape index (κ2) is 10.2. The van der Waals surface area contributed by atoms with E-state index in [0.717, 1.165) is 9.87 Å². The molecule has 4 rings (SSSR count). The minimum absolute atomic E-state index is 0.0177. The normalized spacial score (nSPS) is 15.0. The number of rotatable bonds is 7. The highest BCUT2D eigenvalue weighted by molar-refractivity contribution is 7.92. The molecule has 35 heavy (non-hydrogen) atoms.